The molecular formula is C20H28Cl2N4O2. The first-order chi connectivity index (χ1) is 12.3. The predicted octanol–water partition coefficient (Wildman–Crippen LogP) is 2.97. The van der Waals surface area contributed by atoms with Crippen molar-refractivity contribution in [3.05, 3.63) is 65.2 Å². The summed E-state index contributed by atoms with van der Waals surface area (Å²) < 4.78 is 0. The van der Waals surface area contributed by atoms with Crippen LogP contribution < -0.4 is 16.8 Å². The SMILES string of the molecule is CC(C(=O)Nc1cc(C(N)=O)ccc1CN(C)C)C(N)c1ccccc1.Cl.Cl. The Morgan fingerprint density at radius 3 is 2.21 bits per heavy atom. The van der Waals surface area contributed by atoms with Crippen molar-refractivity contribution < 1.29 is 9.59 Å². The summed E-state index contributed by atoms with van der Waals surface area (Å²) >= 11 is 0. The third-order valence-corrected chi connectivity index (χ3v) is 4.28. The molecular weight excluding hydrogens is 399 g/mol. The van der Waals surface area contributed by atoms with Crippen LogP contribution in [0, 0.1) is 5.92 Å². The lowest BCUT2D eigenvalue weighted by atomic mass is 9.94. The molecule has 0 heterocycles. The molecule has 0 bridgehead atoms. The van der Waals surface area contributed by atoms with Gasteiger partial charge >= 0.3 is 0 Å². The van der Waals surface area contributed by atoms with Crippen molar-refractivity contribution >= 4 is 42.3 Å². The highest BCUT2D eigenvalue weighted by atomic mass is 35.5. The fourth-order valence-electron chi connectivity index (χ4n) is 2.70. The molecule has 0 saturated carbocycles. The summed E-state index contributed by atoms with van der Waals surface area (Å²) in [5.74, 6) is -1.18. The number of halogens is 2. The molecule has 28 heavy (non-hydrogen) atoms. The number of primary amides is 1. The summed E-state index contributed by atoms with van der Waals surface area (Å²) in [4.78, 5) is 26.2. The first kappa shape index (κ1) is 25.9. The number of nitrogens with zero attached hydrogens (tertiary/aromatic N) is 1. The van der Waals surface area contributed by atoms with Crippen molar-refractivity contribution in [3.8, 4) is 0 Å². The molecule has 0 aliphatic heterocycles. The Kier molecular flexibility index (Phi) is 10.8. The van der Waals surface area contributed by atoms with E-state index >= 15 is 0 Å². The maximum atomic E-state index is 12.7. The Labute approximate surface area is 178 Å². The molecule has 2 rings (SSSR count). The van der Waals surface area contributed by atoms with Crippen molar-refractivity contribution in [2.24, 2.45) is 17.4 Å². The standard InChI is InChI=1S/C20H26N4O2.2ClH/c1-13(18(21)14-7-5-4-6-8-14)20(26)23-17-11-15(19(22)25)9-10-16(17)12-24(2)3;;/h4-11,13,18H,12,21H2,1-3H3,(H2,22,25)(H,23,26);2*1H. The fourth-order valence-corrected chi connectivity index (χ4v) is 2.70. The molecule has 154 valence electrons. The van der Waals surface area contributed by atoms with E-state index in [0.717, 1.165) is 11.1 Å². The molecule has 0 aliphatic rings. The first-order valence-corrected chi connectivity index (χ1v) is 8.48. The monoisotopic (exact) mass is 426 g/mol. The van der Waals surface area contributed by atoms with Crippen LogP contribution in [0.3, 0.4) is 0 Å². The topological polar surface area (TPSA) is 101 Å². The second-order valence-corrected chi connectivity index (χ2v) is 6.69. The van der Waals surface area contributed by atoms with Gasteiger partial charge in [-0.15, -0.1) is 24.8 Å². The van der Waals surface area contributed by atoms with Crippen LogP contribution in [0.15, 0.2) is 48.5 Å². The van der Waals surface area contributed by atoms with E-state index in [4.69, 9.17) is 11.5 Å². The molecule has 5 N–H and O–H groups in total. The largest absolute Gasteiger partial charge is 0.366 e. The van der Waals surface area contributed by atoms with E-state index in [1.54, 1.807) is 25.1 Å². The second kappa shape index (κ2) is 11.7. The highest BCUT2D eigenvalue weighted by Gasteiger charge is 2.23. The average Bonchev–Trinajstić information content (AvgIpc) is 2.62. The van der Waals surface area contributed by atoms with Crippen LogP contribution in [0.2, 0.25) is 0 Å². The minimum atomic E-state index is -0.536. The number of benzene rings is 2. The lowest BCUT2D eigenvalue weighted by molar-refractivity contribution is -0.120. The molecule has 2 amide bonds. The lowest BCUT2D eigenvalue weighted by Crippen LogP contribution is -2.31. The van der Waals surface area contributed by atoms with Gasteiger partial charge in [0.2, 0.25) is 11.8 Å². The number of anilines is 1. The zero-order valence-electron chi connectivity index (χ0n) is 16.2. The van der Waals surface area contributed by atoms with Crippen LogP contribution in [0.1, 0.15) is 34.5 Å². The van der Waals surface area contributed by atoms with Crippen molar-refractivity contribution in [2.45, 2.75) is 19.5 Å². The molecule has 0 aromatic heterocycles. The van der Waals surface area contributed by atoms with Crippen LogP contribution in [-0.4, -0.2) is 30.8 Å². The normalized spacial score (nSPS) is 12.3. The summed E-state index contributed by atoms with van der Waals surface area (Å²) in [7, 11) is 3.86. The first-order valence-electron chi connectivity index (χ1n) is 8.48. The molecule has 0 aliphatic carbocycles. The van der Waals surface area contributed by atoms with Crippen molar-refractivity contribution in [1.29, 1.82) is 0 Å². The zero-order valence-corrected chi connectivity index (χ0v) is 17.8. The van der Waals surface area contributed by atoms with Gasteiger partial charge in [-0.3, -0.25) is 9.59 Å². The van der Waals surface area contributed by atoms with Gasteiger partial charge in [-0.2, -0.15) is 0 Å². The number of carbonyl (C=O) groups is 2. The molecule has 0 saturated heterocycles. The average molecular weight is 427 g/mol. The Morgan fingerprint density at radius 2 is 1.68 bits per heavy atom. The van der Waals surface area contributed by atoms with Gasteiger partial charge in [-0.1, -0.05) is 43.3 Å². The summed E-state index contributed by atoms with van der Waals surface area (Å²) in [5.41, 5.74) is 14.3. The number of hydrogen-bond acceptors (Lipinski definition) is 4. The molecule has 2 aromatic carbocycles. The van der Waals surface area contributed by atoms with Gasteiger partial charge < -0.3 is 21.7 Å². The van der Waals surface area contributed by atoms with Gasteiger partial charge in [-0.05, 0) is 37.4 Å². The van der Waals surface area contributed by atoms with Gasteiger partial charge in [0.25, 0.3) is 0 Å². The van der Waals surface area contributed by atoms with Gasteiger partial charge in [0.05, 0.1) is 5.92 Å². The van der Waals surface area contributed by atoms with Crippen LogP contribution in [0.5, 0.6) is 0 Å². The van der Waals surface area contributed by atoms with E-state index in [9.17, 15) is 9.59 Å². The maximum Gasteiger partial charge on any atom is 0.248 e. The fraction of sp³-hybridized carbons (Fsp3) is 0.300. The highest BCUT2D eigenvalue weighted by Crippen LogP contribution is 2.24. The van der Waals surface area contributed by atoms with E-state index in [0.29, 0.717) is 17.8 Å². The molecule has 2 unspecified atom stereocenters. The van der Waals surface area contributed by atoms with E-state index in [-0.39, 0.29) is 30.7 Å². The minimum Gasteiger partial charge on any atom is -0.366 e. The smallest absolute Gasteiger partial charge is 0.248 e. The molecule has 2 aromatic rings. The third kappa shape index (κ3) is 6.80. The molecule has 6 nitrogen and oxygen atoms in total. The lowest BCUT2D eigenvalue weighted by Gasteiger charge is -2.21. The van der Waals surface area contributed by atoms with Gasteiger partial charge in [0, 0.05) is 23.8 Å². The van der Waals surface area contributed by atoms with Crippen LogP contribution >= 0.6 is 24.8 Å². The summed E-state index contributed by atoms with van der Waals surface area (Å²) in [6, 6.07) is 14.2. The number of hydrogen-bond donors (Lipinski definition) is 3. The highest BCUT2D eigenvalue weighted by molar-refractivity contribution is 5.97. The minimum absolute atomic E-state index is 0. The van der Waals surface area contributed by atoms with E-state index in [1.807, 2.05) is 49.3 Å². The predicted molar refractivity (Wildman–Crippen MR) is 118 cm³/mol. The van der Waals surface area contributed by atoms with E-state index in [2.05, 4.69) is 5.32 Å². The Balaban J connectivity index is 0.00000364. The Bertz CT molecular complexity index is 785. The van der Waals surface area contributed by atoms with Crippen LogP contribution in [-0.2, 0) is 11.3 Å². The molecule has 0 spiro atoms. The number of carbonyl (C=O) groups excluding carboxylic acids is 2. The number of nitrogens with one attached hydrogen (secondary N) is 1. The third-order valence-electron chi connectivity index (χ3n) is 4.28. The van der Waals surface area contributed by atoms with Crippen LogP contribution in [0.4, 0.5) is 5.69 Å². The van der Waals surface area contributed by atoms with Gasteiger partial charge in [-0.25, -0.2) is 0 Å². The summed E-state index contributed by atoms with van der Waals surface area (Å²) in [6.07, 6.45) is 0. The van der Waals surface area contributed by atoms with E-state index in [1.165, 1.54) is 0 Å². The molecule has 0 fully saturated rings. The van der Waals surface area contributed by atoms with Gasteiger partial charge in [0.15, 0.2) is 0 Å². The van der Waals surface area contributed by atoms with Crippen molar-refractivity contribution in [1.82, 2.24) is 4.90 Å². The quantitative estimate of drug-likeness (QED) is 0.632. The number of amides is 2. The molecule has 0 radical (unpaired) electrons. The summed E-state index contributed by atoms with van der Waals surface area (Å²) in [5, 5.41) is 2.91. The second-order valence-electron chi connectivity index (χ2n) is 6.69. The zero-order chi connectivity index (χ0) is 19.3. The maximum absolute atomic E-state index is 12.7. The van der Waals surface area contributed by atoms with Crippen molar-refractivity contribution in [3.63, 3.8) is 0 Å². The van der Waals surface area contributed by atoms with E-state index < -0.39 is 17.9 Å². The molecule has 8 heteroatoms. The van der Waals surface area contributed by atoms with Gasteiger partial charge in [0.1, 0.15) is 0 Å². The molecule has 2 atom stereocenters. The summed E-state index contributed by atoms with van der Waals surface area (Å²) in [6.45, 7) is 2.41. The number of nitrogens with two attached hydrogens (primary N) is 2. The van der Waals surface area contributed by atoms with Crippen LogP contribution in [0.25, 0.3) is 0 Å². The Hall–Kier alpha value is -2.12. The Morgan fingerprint density at radius 1 is 1.07 bits per heavy atom. The van der Waals surface area contributed by atoms with Crippen molar-refractivity contribution in [2.75, 3.05) is 19.4 Å². The number of rotatable bonds is 7.